The molecule has 0 saturated carbocycles. The molecule has 2 aromatic carbocycles. The number of benzene rings is 2. The van der Waals surface area contributed by atoms with Gasteiger partial charge in [0, 0.05) is 12.6 Å². The number of ether oxygens (including phenoxy) is 1. The first-order chi connectivity index (χ1) is 9.75. The first-order valence-electron chi connectivity index (χ1n) is 6.90. The van der Waals surface area contributed by atoms with E-state index in [9.17, 15) is 5.11 Å². The molecule has 0 heterocycles. The Balaban J connectivity index is 1.71. The number of nitrogens with one attached hydrogen (secondary N) is 1. The molecule has 20 heavy (non-hydrogen) atoms. The molecule has 0 bridgehead atoms. The molecule has 0 radical (unpaired) electrons. The van der Waals surface area contributed by atoms with Crippen LogP contribution >= 0.6 is 0 Å². The molecule has 0 spiro atoms. The van der Waals surface area contributed by atoms with E-state index in [4.69, 9.17) is 4.74 Å². The molecule has 2 atom stereocenters. The summed E-state index contributed by atoms with van der Waals surface area (Å²) in [5, 5.41) is 13.2. The molecular formula is C17H21NO2. The summed E-state index contributed by atoms with van der Waals surface area (Å²) in [5.74, 6) is 0.780. The van der Waals surface area contributed by atoms with E-state index in [1.807, 2.05) is 48.5 Å². The molecule has 0 saturated heterocycles. The zero-order valence-electron chi connectivity index (χ0n) is 11.7. The third-order valence-electron chi connectivity index (χ3n) is 3.14. The molecule has 3 nitrogen and oxygen atoms in total. The van der Waals surface area contributed by atoms with E-state index in [1.54, 1.807) is 0 Å². The Hall–Kier alpha value is -1.84. The van der Waals surface area contributed by atoms with Crippen molar-refractivity contribution in [2.45, 2.75) is 19.1 Å². The summed E-state index contributed by atoms with van der Waals surface area (Å²) in [5.41, 5.74) is 1.21. The largest absolute Gasteiger partial charge is 0.491 e. The molecule has 0 aliphatic rings. The van der Waals surface area contributed by atoms with Gasteiger partial charge in [-0.3, -0.25) is 0 Å². The summed E-state index contributed by atoms with van der Waals surface area (Å²) in [4.78, 5) is 0. The first-order valence-corrected chi connectivity index (χ1v) is 6.90. The van der Waals surface area contributed by atoms with Gasteiger partial charge in [-0.1, -0.05) is 48.5 Å². The van der Waals surface area contributed by atoms with Crippen LogP contribution in [0.1, 0.15) is 18.5 Å². The van der Waals surface area contributed by atoms with Crippen molar-refractivity contribution in [1.82, 2.24) is 5.32 Å². The van der Waals surface area contributed by atoms with Crippen molar-refractivity contribution >= 4 is 0 Å². The standard InChI is InChI=1S/C17H21NO2/c1-14(15-8-4-2-5-9-15)18-12-16(19)13-20-17-10-6-3-7-11-17/h2-11,14,16,18-19H,12-13H2,1H3/t14-,16-/m0/s1. The van der Waals surface area contributed by atoms with Crippen LogP contribution in [0.3, 0.4) is 0 Å². The topological polar surface area (TPSA) is 41.5 Å². The Morgan fingerprint density at radius 1 is 1.00 bits per heavy atom. The predicted octanol–water partition coefficient (Wildman–Crippen LogP) is 2.78. The fourth-order valence-corrected chi connectivity index (χ4v) is 1.94. The van der Waals surface area contributed by atoms with E-state index in [0.717, 1.165) is 5.75 Å². The smallest absolute Gasteiger partial charge is 0.119 e. The highest BCUT2D eigenvalue weighted by Crippen LogP contribution is 2.11. The summed E-state index contributed by atoms with van der Waals surface area (Å²) in [6.07, 6.45) is -0.527. The maximum absolute atomic E-state index is 9.92. The summed E-state index contributed by atoms with van der Waals surface area (Å²) in [7, 11) is 0. The molecule has 0 unspecified atom stereocenters. The van der Waals surface area contributed by atoms with Crippen molar-refractivity contribution in [3.63, 3.8) is 0 Å². The third kappa shape index (κ3) is 4.68. The Bertz CT molecular complexity index is 487. The Morgan fingerprint density at radius 2 is 1.60 bits per heavy atom. The van der Waals surface area contributed by atoms with Crippen molar-refractivity contribution in [2.24, 2.45) is 0 Å². The Labute approximate surface area is 120 Å². The molecule has 2 rings (SSSR count). The number of aliphatic hydroxyl groups is 1. The molecule has 3 heteroatoms. The van der Waals surface area contributed by atoms with Crippen LogP contribution in [0, 0.1) is 0 Å². The average Bonchev–Trinajstić information content (AvgIpc) is 2.52. The minimum Gasteiger partial charge on any atom is -0.491 e. The van der Waals surface area contributed by atoms with E-state index >= 15 is 0 Å². The fraction of sp³-hybridized carbons (Fsp3) is 0.294. The second kappa shape index (κ2) is 7.68. The highest BCUT2D eigenvalue weighted by Gasteiger charge is 2.09. The van der Waals surface area contributed by atoms with Crippen molar-refractivity contribution in [1.29, 1.82) is 0 Å². The predicted molar refractivity (Wildman–Crippen MR) is 80.8 cm³/mol. The lowest BCUT2D eigenvalue weighted by molar-refractivity contribution is 0.104. The number of aliphatic hydroxyl groups excluding tert-OH is 1. The lowest BCUT2D eigenvalue weighted by Crippen LogP contribution is -2.33. The molecular weight excluding hydrogens is 250 g/mol. The van der Waals surface area contributed by atoms with Gasteiger partial charge in [0.15, 0.2) is 0 Å². The van der Waals surface area contributed by atoms with Gasteiger partial charge in [0.1, 0.15) is 18.5 Å². The van der Waals surface area contributed by atoms with Crippen molar-refractivity contribution in [3.8, 4) is 5.75 Å². The van der Waals surface area contributed by atoms with Gasteiger partial charge in [0.05, 0.1) is 0 Å². The lowest BCUT2D eigenvalue weighted by Gasteiger charge is -2.18. The van der Waals surface area contributed by atoms with Gasteiger partial charge in [-0.25, -0.2) is 0 Å². The molecule has 0 amide bonds. The van der Waals surface area contributed by atoms with Crippen LogP contribution in [-0.2, 0) is 0 Å². The van der Waals surface area contributed by atoms with E-state index in [2.05, 4.69) is 24.4 Å². The number of hydrogen-bond donors (Lipinski definition) is 2. The van der Waals surface area contributed by atoms with Crippen molar-refractivity contribution in [3.05, 3.63) is 66.2 Å². The molecule has 2 aromatic rings. The minimum atomic E-state index is -0.527. The van der Waals surface area contributed by atoms with Crippen LogP contribution in [-0.4, -0.2) is 24.4 Å². The van der Waals surface area contributed by atoms with Gasteiger partial charge in [-0.15, -0.1) is 0 Å². The summed E-state index contributed by atoms with van der Waals surface area (Å²) < 4.78 is 5.52. The molecule has 0 aliphatic heterocycles. The molecule has 2 N–H and O–H groups in total. The summed E-state index contributed by atoms with van der Waals surface area (Å²) >= 11 is 0. The van der Waals surface area contributed by atoms with Gasteiger partial charge in [-0.05, 0) is 24.6 Å². The van der Waals surface area contributed by atoms with Gasteiger partial charge in [0.2, 0.25) is 0 Å². The lowest BCUT2D eigenvalue weighted by atomic mass is 10.1. The van der Waals surface area contributed by atoms with Gasteiger partial charge >= 0.3 is 0 Å². The summed E-state index contributed by atoms with van der Waals surface area (Å²) in [6, 6.07) is 19.9. The number of rotatable bonds is 7. The van der Waals surface area contributed by atoms with E-state index in [0.29, 0.717) is 13.2 Å². The minimum absolute atomic E-state index is 0.211. The van der Waals surface area contributed by atoms with Gasteiger partial charge in [0.25, 0.3) is 0 Å². The van der Waals surface area contributed by atoms with E-state index < -0.39 is 6.10 Å². The number of para-hydroxylation sites is 1. The van der Waals surface area contributed by atoms with Crippen molar-refractivity contribution < 1.29 is 9.84 Å². The first kappa shape index (κ1) is 14.6. The van der Waals surface area contributed by atoms with Crippen LogP contribution in [0.15, 0.2) is 60.7 Å². The normalized spacial score (nSPS) is 13.7. The third-order valence-corrected chi connectivity index (χ3v) is 3.14. The molecule has 0 fully saturated rings. The highest BCUT2D eigenvalue weighted by molar-refractivity contribution is 5.21. The van der Waals surface area contributed by atoms with Gasteiger partial charge < -0.3 is 15.2 Å². The van der Waals surface area contributed by atoms with Gasteiger partial charge in [-0.2, -0.15) is 0 Å². The van der Waals surface area contributed by atoms with E-state index in [1.165, 1.54) is 5.56 Å². The van der Waals surface area contributed by atoms with Crippen LogP contribution in [0.2, 0.25) is 0 Å². The maximum atomic E-state index is 9.92. The zero-order chi connectivity index (χ0) is 14.2. The zero-order valence-corrected chi connectivity index (χ0v) is 11.7. The van der Waals surface area contributed by atoms with Crippen LogP contribution in [0.5, 0.6) is 5.75 Å². The fourth-order valence-electron chi connectivity index (χ4n) is 1.94. The van der Waals surface area contributed by atoms with E-state index in [-0.39, 0.29) is 6.04 Å². The second-order valence-electron chi connectivity index (χ2n) is 4.82. The molecule has 0 aliphatic carbocycles. The Morgan fingerprint density at radius 3 is 2.25 bits per heavy atom. The Kier molecular flexibility index (Phi) is 5.59. The highest BCUT2D eigenvalue weighted by atomic mass is 16.5. The van der Waals surface area contributed by atoms with Crippen LogP contribution in [0.25, 0.3) is 0 Å². The van der Waals surface area contributed by atoms with Crippen molar-refractivity contribution in [2.75, 3.05) is 13.2 Å². The quantitative estimate of drug-likeness (QED) is 0.813. The maximum Gasteiger partial charge on any atom is 0.119 e. The number of hydrogen-bond acceptors (Lipinski definition) is 3. The molecule has 106 valence electrons. The molecule has 0 aromatic heterocycles. The van der Waals surface area contributed by atoms with Crippen LogP contribution < -0.4 is 10.1 Å². The van der Waals surface area contributed by atoms with Crippen LogP contribution in [0.4, 0.5) is 0 Å². The monoisotopic (exact) mass is 271 g/mol. The average molecular weight is 271 g/mol. The SMILES string of the molecule is C[C@H](NC[C@H](O)COc1ccccc1)c1ccccc1. The second-order valence-corrected chi connectivity index (χ2v) is 4.82. The summed E-state index contributed by atoms with van der Waals surface area (Å²) in [6.45, 7) is 2.88.